The molecular weight excluding hydrogens is 232 g/mol. The van der Waals surface area contributed by atoms with E-state index in [-0.39, 0.29) is 5.56 Å². The number of rotatable bonds is 3. The molecule has 0 aromatic heterocycles. The lowest BCUT2D eigenvalue weighted by molar-refractivity contribution is -0.145. The van der Waals surface area contributed by atoms with E-state index < -0.39 is 29.6 Å². The SMILES string of the molecule is COC(=O)C(NC(C)=O)c1ccc(F)c(F)c1. The molecule has 6 heteroatoms. The zero-order valence-corrected chi connectivity index (χ0v) is 9.29. The molecule has 0 aliphatic heterocycles. The van der Waals surface area contributed by atoms with Gasteiger partial charge in [-0.1, -0.05) is 6.07 Å². The molecule has 0 saturated carbocycles. The van der Waals surface area contributed by atoms with Crippen LogP contribution in [-0.4, -0.2) is 19.0 Å². The van der Waals surface area contributed by atoms with Gasteiger partial charge >= 0.3 is 5.97 Å². The fourth-order valence-electron chi connectivity index (χ4n) is 1.29. The molecule has 0 aliphatic carbocycles. The Bertz CT molecular complexity index is 448. The van der Waals surface area contributed by atoms with Gasteiger partial charge in [-0.3, -0.25) is 4.79 Å². The van der Waals surface area contributed by atoms with E-state index in [9.17, 15) is 18.4 Å². The van der Waals surface area contributed by atoms with Crippen molar-refractivity contribution < 1.29 is 23.1 Å². The summed E-state index contributed by atoms with van der Waals surface area (Å²) in [5.74, 6) is -3.36. The molecule has 0 spiro atoms. The minimum absolute atomic E-state index is 0.117. The first-order chi connectivity index (χ1) is 7.95. The van der Waals surface area contributed by atoms with Crippen LogP contribution < -0.4 is 5.32 Å². The second-order valence-corrected chi connectivity index (χ2v) is 3.33. The van der Waals surface area contributed by atoms with Gasteiger partial charge in [-0.15, -0.1) is 0 Å². The average molecular weight is 243 g/mol. The van der Waals surface area contributed by atoms with Crippen LogP contribution in [0.1, 0.15) is 18.5 Å². The molecule has 1 N–H and O–H groups in total. The molecule has 17 heavy (non-hydrogen) atoms. The molecule has 1 atom stereocenters. The predicted octanol–water partition coefficient (Wildman–Crippen LogP) is 1.31. The lowest BCUT2D eigenvalue weighted by atomic mass is 10.1. The van der Waals surface area contributed by atoms with Gasteiger partial charge in [-0.25, -0.2) is 13.6 Å². The smallest absolute Gasteiger partial charge is 0.333 e. The molecule has 0 aliphatic rings. The molecule has 92 valence electrons. The molecule has 0 radical (unpaired) electrons. The minimum atomic E-state index is -1.15. The summed E-state index contributed by atoms with van der Waals surface area (Å²) < 4.78 is 30.2. The Kier molecular flexibility index (Phi) is 4.14. The summed E-state index contributed by atoms with van der Waals surface area (Å²) in [5, 5.41) is 2.29. The van der Waals surface area contributed by atoms with Crippen molar-refractivity contribution >= 4 is 11.9 Å². The highest BCUT2D eigenvalue weighted by molar-refractivity contribution is 5.84. The first-order valence-corrected chi connectivity index (χ1v) is 4.75. The number of hydrogen-bond acceptors (Lipinski definition) is 3. The third-order valence-electron chi connectivity index (χ3n) is 2.06. The van der Waals surface area contributed by atoms with Gasteiger partial charge in [0.1, 0.15) is 0 Å². The highest BCUT2D eigenvalue weighted by Crippen LogP contribution is 2.17. The quantitative estimate of drug-likeness (QED) is 0.814. The van der Waals surface area contributed by atoms with Crippen LogP contribution in [0.4, 0.5) is 8.78 Å². The molecule has 0 saturated heterocycles. The van der Waals surface area contributed by atoms with Gasteiger partial charge in [0.2, 0.25) is 5.91 Å². The molecule has 0 fully saturated rings. The Balaban J connectivity index is 3.07. The Morgan fingerprint density at radius 1 is 1.29 bits per heavy atom. The summed E-state index contributed by atoms with van der Waals surface area (Å²) in [7, 11) is 1.14. The Morgan fingerprint density at radius 3 is 2.41 bits per heavy atom. The molecule has 1 unspecified atom stereocenters. The van der Waals surface area contributed by atoms with Crippen molar-refractivity contribution in [2.75, 3.05) is 7.11 Å². The highest BCUT2D eigenvalue weighted by atomic mass is 19.2. The van der Waals surface area contributed by atoms with E-state index >= 15 is 0 Å². The number of benzene rings is 1. The van der Waals surface area contributed by atoms with Gasteiger partial charge in [0.15, 0.2) is 17.7 Å². The van der Waals surface area contributed by atoms with E-state index in [1.54, 1.807) is 0 Å². The largest absolute Gasteiger partial charge is 0.467 e. The maximum atomic E-state index is 13.0. The first-order valence-electron chi connectivity index (χ1n) is 4.75. The van der Waals surface area contributed by atoms with E-state index in [1.165, 1.54) is 13.0 Å². The molecule has 0 bridgehead atoms. The third-order valence-corrected chi connectivity index (χ3v) is 2.06. The van der Waals surface area contributed by atoms with Crippen LogP contribution in [0.5, 0.6) is 0 Å². The van der Waals surface area contributed by atoms with E-state index in [2.05, 4.69) is 10.1 Å². The van der Waals surface area contributed by atoms with Crippen LogP contribution in [0.2, 0.25) is 0 Å². The number of methoxy groups -OCH3 is 1. The zero-order valence-electron chi connectivity index (χ0n) is 9.29. The second-order valence-electron chi connectivity index (χ2n) is 3.33. The molecule has 0 heterocycles. The number of carbonyl (C=O) groups excluding carboxylic acids is 2. The summed E-state index contributed by atoms with van der Waals surface area (Å²) in [6, 6.07) is 1.78. The number of ether oxygens (including phenoxy) is 1. The molecule has 1 aromatic carbocycles. The van der Waals surface area contributed by atoms with Crippen molar-refractivity contribution in [2.45, 2.75) is 13.0 Å². The van der Waals surface area contributed by atoms with E-state index in [1.807, 2.05) is 0 Å². The highest BCUT2D eigenvalue weighted by Gasteiger charge is 2.23. The monoisotopic (exact) mass is 243 g/mol. The van der Waals surface area contributed by atoms with E-state index in [0.717, 1.165) is 19.2 Å². The summed E-state index contributed by atoms with van der Waals surface area (Å²) in [6.45, 7) is 1.20. The Labute approximate surface area is 96.6 Å². The second kappa shape index (κ2) is 5.38. The number of hydrogen-bond donors (Lipinski definition) is 1. The van der Waals surface area contributed by atoms with E-state index in [4.69, 9.17) is 0 Å². The fraction of sp³-hybridized carbons (Fsp3) is 0.273. The molecule has 4 nitrogen and oxygen atoms in total. The molecule has 1 rings (SSSR count). The van der Waals surface area contributed by atoms with Gasteiger partial charge in [0.05, 0.1) is 7.11 Å². The maximum absolute atomic E-state index is 13.0. The van der Waals surface area contributed by atoms with Gasteiger partial charge < -0.3 is 10.1 Å². The number of nitrogens with one attached hydrogen (secondary N) is 1. The average Bonchev–Trinajstić information content (AvgIpc) is 2.28. The van der Waals surface area contributed by atoms with Crippen LogP contribution in [0.25, 0.3) is 0 Å². The zero-order chi connectivity index (χ0) is 13.0. The first kappa shape index (κ1) is 13.1. The van der Waals surface area contributed by atoms with E-state index in [0.29, 0.717) is 0 Å². The van der Waals surface area contributed by atoms with Crippen molar-refractivity contribution in [3.63, 3.8) is 0 Å². The lowest BCUT2D eigenvalue weighted by Crippen LogP contribution is -2.33. The molecule has 1 aromatic rings. The molecular formula is C11H11F2NO3. The van der Waals surface area contributed by atoms with Gasteiger partial charge in [-0.05, 0) is 17.7 Å². The van der Waals surface area contributed by atoms with Crippen LogP contribution in [0.15, 0.2) is 18.2 Å². The van der Waals surface area contributed by atoms with Crippen molar-refractivity contribution in [1.82, 2.24) is 5.32 Å². The van der Waals surface area contributed by atoms with Gasteiger partial charge in [-0.2, -0.15) is 0 Å². The normalized spacial score (nSPS) is 11.8. The van der Waals surface area contributed by atoms with Gasteiger partial charge in [0.25, 0.3) is 0 Å². The van der Waals surface area contributed by atoms with Crippen molar-refractivity contribution in [2.24, 2.45) is 0 Å². The number of carbonyl (C=O) groups is 2. The summed E-state index contributed by atoms with van der Waals surface area (Å²) >= 11 is 0. The third kappa shape index (κ3) is 3.24. The van der Waals surface area contributed by atoms with Crippen LogP contribution in [0.3, 0.4) is 0 Å². The van der Waals surface area contributed by atoms with Crippen molar-refractivity contribution in [1.29, 1.82) is 0 Å². The van der Waals surface area contributed by atoms with Gasteiger partial charge in [0, 0.05) is 6.92 Å². The van der Waals surface area contributed by atoms with Crippen LogP contribution in [0, 0.1) is 11.6 Å². The molecule has 1 amide bonds. The predicted molar refractivity (Wildman–Crippen MR) is 54.9 cm³/mol. The van der Waals surface area contributed by atoms with Crippen molar-refractivity contribution in [3.8, 4) is 0 Å². The summed E-state index contributed by atoms with van der Waals surface area (Å²) in [6.07, 6.45) is 0. The number of amides is 1. The minimum Gasteiger partial charge on any atom is -0.467 e. The maximum Gasteiger partial charge on any atom is 0.333 e. The van der Waals surface area contributed by atoms with Crippen LogP contribution in [-0.2, 0) is 14.3 Å². The van der Waals surface area contributed by atoms with Crippen molar-refractivity contribution in [3.05, 3.63) is 35.4 Å². The lowest BCUT2D eigenvalue weighted by Gasteiger charge is -2.15. The topological polar surface area (TPSA) is 55.4 Å². The fourth-order valence-corrected chi connectivity index (χ4v) is 1.29. The standard InChI is InChI=1S/C11H11F2NO3/c1-6(15)14-10(11(16)17-2)7-3-4-8(12)9(13)5-7/h3-5,10H,1-2H3,(H,14,15). The Hall–Kier alpha value is -1.98. The number of esters is 1. The number of halogens is 2. The van der Waals surface area contributed by atoms with Crippen LogP contribution >= 0.6 is 0 Å². The Morgan fingerprint density at radius 2 is 1.94 bits per heavy atom. The summed E-state index contributed by atoms with van der Waals surface area (Å²) in [5.41, 5.74) is 0.117. The summed E-state index contributed by atoms with van der Waals surface area (Å²) in [4.78, 5) is 22.3.